The highest BCUT2D eigenvalue weighted by Crippen LogP contribution is 2.24. The molecule has 1 N–H and O–H groups in total. The minimum atomic E-state index is -0.689. The first-order valence-corrected chi connectivity index (χ1v) is 8.93. The van der Waals surface area contributed by atoms with Crippen LogP contribution in [0, 0.1) is 5.82 Å². The molecule has 1 heterocycles. The first-order valence-electron chi connectivity index (χ1n) is 8.93. The second-order valence-electron chi connectivity index (χ2n) is 6.34. The molecule has 2 aromatic rings. The fourth-order valence-corrected chi connectivity index (χ4v) is 2.97. The number of hydrogen-bond donors (Lipinski definition) is 1. The van der Waals surface area contributed by atoms with E-state index in [0.29, 0.717) is 13.1 Å². The molecule has 3 rings (SSSR count). The van der Waals surface area contributed by atoms with Crippen LogP contribution in [0.2, 0.25) is 0 Å². The van der Waals surface area contributed by atoms with Crippen molar-refractivity contribution in [2.24, 2.45) is 0 Å². The Labute approximate surface area is 161 Å². The van der Waals surface area contributed by atoms with Crippen LogP contribution in [-0.2, 0) is 16.1 Å². The monoisotopic (exact) mass is 389 g/mol. The van der Waals surface area contributed by atoms with Gasteiger partial charge < -0.3 is 14.5 Å². The van der Waals surface area contributed by atoms with E-state index in [-0.39, 0.29) is 37.0 Å². The smallest absolute Gasteiger partial charge is 0.411 e. The lowest BCUT2D eigenvalue weighted by atomic mass is 10.2. The van der Waals surface area contributed by atoms with Crippen LogP contribution in [0.15, 0.2) is 48.5 Å². The van der Waals surface area contributed by atoms with Crippen LogP contribution in [0.1, 0.15) is 5.56 Å². The average Bonchev–Trinajstić information content (AvgIpc) is 2.69. The summed E-state index contributed by atoms with van der Waals surface area (Å²) in [5.41, 5.74) is 1.36. The summed E-state index contributed by atoms with van der Waals surface area (Å²) in [7, 11) is 0. The third-order valence-corrected chi connectivity index (χ3v) is 4.42. The van der Waals surface area contributed by atoms with Crippen LogP contribution >= 0.6 is 0 Å². The van der Waals surface area contributed by atoms with Crippen molar-refractivity contribution in [1.82, 2.24) is 4.90 Å². The highest BCUT2D eigenvalue weighted by atomic mass is 19.1. The van der Waals surface area contributed by atoms with Gasteiger partial charge in [-0.05, 0) is 23.8 Å². The molecule has 0 aliphatic carbocycles. The van der Waals surface area contributed by atoms with E-state index >= 15 is 0 Å². The number of hydrogen-bond acceptors (Lipinski definition) is 4. The van der Waals surface area contributed by atoms with Crippen LogP contribution in [0.5, 0.6) is 0 Å². The summed E-state index contributed by atoms with van der Waals surface area (Å²) < 4.78 is 32.0. The van der Waals surface area contributed by atoms with Gasteiger partial charge in [-0.2, -0.15) is 0 Å². The number of carbonyl (C=O) groups is 2. The van der Waals surface area contributed by atoms with Crippen molar-refractivity contribution in [2.45, 2.75) is 6.61 Å². The molecule has 0 saturated carbocycles. The van der Waals surface area contributed by atoms with Gasteiger partial charge in [0, 0.05) is 25.3 Å². The number of ether oxygens (including phenoxy) is 1. The number of carbonyl (C=O) groups excluding carboxylic acids is 2. The third kappa shape index (κ3) is 4.97. The first-order chi connectivity index (χ1) is 13.6. The summed E-state index contributed by atoms with van der Waals surface area (Å²) in [5.74, 6) is -0.803. The summed E-state index contributed by atoms with van der Waals surface area (Å²) >= 11 is 0. The van der Waals surface area contributed by atoms with Gasteiger partial charge in [-0.3, -0.25) is 10.1 Å². The minimum Gasteiger partial charge on any atom is -0.444 e. The van der Waals surface area contributed by atoms with E-state index in [0.717, 1.165) is 5.56 Å². The second kappa shape index (κ2) is 9.16. The molecule has 0 aromatic heterocycles. The zero-order valence-corrected chi connectivity index (χ0v) is 15.2. The Bertz CT molecular complexity index is 833. The standard InChI is InChI=1S/C20H21F2N3O3/c21-8-9-24-10-11-25(13-19(24)26)18-7-6-16(12-17(18)22)23-20(27)28-14-15-4-2-1-3-5-15/h1-7,12H,8-11,13-14H2,(H,23,27). The molecule has 1 aliphatic rings. The minimum absolute atomic E-state index is 0.0111. The van der Waals surface area contributed by atoms with Crippen LogP contribution in [0.25, 0.3) is 0 Å². The summed E-state index contributed by atoms with van der Waals surface area (Å²) in [6.07, 6.45) is -0.689. The predicted octanol–water partition coefficient (Wildman–Crippen LogP) is 3.19. The fraction of sp³-hybridized carbons (Fsp3) is 0.300. The number of nitrogens with zero attached hydrogens (tertiary/aromatic N) is 2. The Morgan fingerprint density at radius 3 is 2.61 bits per heavy atom. The quantitative estimate of drug-likeness (QED) is 0.824. The van der Waals surface area contributed by atoms with E-state index in [1.54, 1.807) is 11.0 Å². The number of halogens is 2. The number of nitrogens with one attached hydrogen (secondary N) is 1. The summed E-state index contributed by atoms with van der Waals surface area (Å²) in [6, 6.07) is 13.4. The lowest BCUT2D eigenvalue weighted by Gasteiger charge is -2.35. The highest BCUT2D eigenvalue weighted by molar-refractivity contribution is 5.86. The lowest BCUT2D eigenvalue weighted by Crippen LogP contribution is -2.51. The van der Waals surface area contributed by atoms with Gasteiger partial charge in [0.1, 0.15) is 19.1 Å². The molecule has 28 heavy (non-hydrogen) atoms. The predicted molar refractivity (Wildman–Crippen MR) is 101 cm³/mol. The molecular weight excluding hydrogens is 368 g/mol. The Balaban J connectivity index is 1.56. The highest BCUT2D eigenvalue weighted by Gasteiger charge is 2.25. The topological polar surface area (TPSA) is 61.9 Å². The molecule has 148 valence electrons. The number of piperazine rings is 1. The molecule has 8 heteroatoms. The Morgan fingerprint density at radius 2 is 1.93 bits per heavy atom. The summed E-state index contributed by atoms with van der Waals surface area (Å²) in [4.78, 5) is 26.9. The molecule has 1 fully saturated rings. The van der Waals surface area contributed by atoms with Gasteiger partial charge in [0.2, 0.25) is 5.91 Å². The molecule has 0 bridgehead atoms. The molecular formula is C20H21F2N3O3. The SMILES string of the molecule is O=C(Nc1ccc(N2CCN(CCF)C(=O)C2)c(F)c1)OCc1ccccc1. The van der Waals surface area contributed by atoms with Crippen molar-refractivity contribution in [2.75, 3.05) is 43.1 Å². The molecule has 6 nitrogen and oxygen atoms in total. The van der Waals surface area contributed by atoms with Gasteiger partial charge in [-0.25, -0.2) is 13.6 Å². The fourth-order valence-electron chi connectivity index (χ4n) is 2.97. The van der Waals surface area contributed by atoms with Crippen molar-refractivity contribution in [3.05, 3.63) is 59.9 Å². The molecule has 0 unspecified atom stereocenters. The second-order valence-corrected chi connectivity index (χ2v) is 6.34. The third-order valence-electron chi connectivity index (χ3n) is 4.42. The van der Waals surface area contributed by atoms with Crippen molar-refractivity contribution >= 4 is 23.4 Å². The Kier molecular flexibility index (Phi) is 6.41. The molecule has 2 aromatic carbocycles. The van der Waals surface area contributed by atoms with E-state index in [2.05, 4.69) is 5.32 Å². The van der Waals surface area contributed by atoms with E-state index in [1.807, 2.05) is 30.3 Å². The molecule has 0 atom stereocenters. The first kappa shape index (κ1) is 19.6. The van der Waals surface area contributed by atoms with Crippen LogP contribution < -0.4 is 10.2 Å². The largest absolute Gasteiger partial charge is 0.444 e. The summed E-state index contributed by atoms with van der Waals surface area (Å²) in [6.45, 7) is 0.313. The molecule has 1 aliphatic heterocycles. The van der Waals surface area contributed by atoms with Crippen LogP contribution in [0.3, 0.4) is 0 Å². The number of benzene rings is 2. The number of alkyl halides is 1. The van der Waals surface area contributed by atoms with Crippen molar-refractivity contribution < 1.29 is 23.1 Å². The van der Waals surface area contributed by atoms with Gasteiger partial charge in [0.15, 0.2) is 0 Å². The zero-order chi connectivity index (χ0) is 19.9. The average molecular weight is 389 g/mol. The Hall–Kier alpha value is -3.16. The number of rotatable bonds is 6. The number of anilines is 2. The van der Waals surface area contributed by atoms with Gasteiger partial charge in [0.25, 0.3) is 0 Å². The van der Waals surface area contributed by atoms with Gasteiger partial charge in [0.05, 0.1) is 12.2 Å². The zero-order valence-electron chi connectivity index (χ0n) is 15.2. The molecule has 0 radical (unpaired) electrons. The maximum atomic E-state index is 14.5. The number of amides is 2. The molecule has 1 saturated heterocycles. The van der Waals surface area contributed by atoms with Crippen LogP contribution in [0.4, 0.5) is 25.0 Å². The van der Waals surface area contributed by atoms with Gasteiger partial charge >= 0.3 is 6.09 Å². The normalized spacial score (nSPS) is 14.1. The van der Waals surface area contributed by atoms with Crippen LogP contribution in [-0.4, -0.2) is 49.8 Å². The lowest BCUT2D eigenvalue weighted by molar-refractivity contribution is -0.131. The van der Waals surface area contributed by atoms with Crippen molar-refractivity contribution in [1.29, 1.82) is 0 Å². The molecule has 0 spiro atoms. The summed E-state index contributed by atoms with van der Waals surface area (Å²) in [5, 5.41) is 2.48. The molecule has 2 amide bonds. The van der Waals surface area contributed by atoms with E-state index in [4.69, 9.17) is 4.74 Å². The van der Waals surface area contributed by atoms with E-state index in [1.165, 1.54) is 17.0 Å². The maximum Gasteiger partial charge on any atom is 0.411 e. The van der Waals surface area contributed by atoms with Crippen molar-refractivity contribution in [3.8, 4) is 0 Å². The van der Waals surface area contributed by atoms with E-state index < -0.39 is 18.6 Å². The van der Waals surface area contributed by atoms with E-state index in [9.17, 15) is 18.4 Å². The Morgan fingerprint density at radius 1 is 1.14 bits per heavy atom. The van der Waals surface area contributed by atoms with Gasteiger partial charge in [-0.1, -0.05) is 30.3 Å². The maximum absolute atomic E-state index is 14.5. The van der Waals surface area contributed by atoms with Gasteiger partial charge in [-0.15, -0.1) is 0 Å². The van der Waals surface area contributed by atoms with Crippen molar-refractivity contribution in [3.63, 3.8) is 0 Å².